The van der Waals surface area contributed by atoms with Gasteiger partial charge in [-0.25, -0.2) is 0 Å². The maximum absolute atomic E-state index is 9.67. The minimum absolute atomic E-state index is 0.425. The number of hydrogen-bond donors (Lipinski definition) is 1. The average Bonchev–Trinajstić information content (AvgIpc) is 2.18. The first-order chi connectivity index (χ1) is 6.65. The molecule has 76 valence electrons. The van der Waals surface area contributed by atoms with Gasteiger partial charge in [0.1, 0.15) is 0 Å². The summed E-state index contributed by atoms with van der Waals surface area (Å²) in [6.45, 7) is 6.03. The molecule has 0 heterocycles. The standard InChI is InChI=1S/C13H18O/c1-4-5-13(14)12-8-6-11(7-9-12)10(2)3/h1,8,11,13-14H,2,5-7,9H2,3H3. The van der Waals surface area contributed by atoms with Crippen LogP contribution in [0.2, 0.25) is 0 Å². The predicted molar refractivity (Wildman–Crippen MR) is 59.7 cm³/mol. The van der Waals surface area contributed by atoms with Crippen LogP contribution in [0.3, 0.4) is 0 Å². The topological polar surface area (TPSA) is 20.2 Å². The van der Waals surface area contributed by atoms with E-state index < -0.39 is 6.10 Å². The number of aliphatic hydroxyl groups excluding tert-OH is 1. The second-order valence-corrected chi connectivity index (χ2v) is 4.02. The first-order valence-electron chi connectivity index (χ1n) is 5.11. The van der Waals surface area contributed by atoms with Crippen LogP contribution in [0.25, 0.3) is 0 Å². The summed E-state index contributed by atoms with van der Waals surface area (Å²) < 4.78 is 0. The molecular weight excluding hydrogens is 172 g/mol. The van der Waals surface area contributed by atoms with Crippen LogP contribution >= 0.6 is 0 Å². The van der Waals surface area contributed by atoms with Gasteiger partial charge < -0.3 is 5.11 Å². The van der Waals surface area contributed by atoms with Crippen molar-refractivity contribution in [3.8, 4) is 12.3 Å². The van der Waals surface area contributed by atoms with E-state index >= 15 is 0 Å². The third-order valence-corrected chi connectivity index (χ3v) is 2.88. The molecule has 1 aliphatic carbocycles. The molecule has 1 N–H and O–H groups in total. The Kier molecular flexibility index (Phi) is 3.98. The quantitative estimate of drug-likeness (QED) is 0.536. The Morgan fingerprint density at radius 1 is 1.86 bits per heavy atom. The Bertz CT molecular complexity index is 280. The predicted octanol–water partition coefficient (Wildman–Crippen LogP) is 2.67. The molecule has 1 aliphatic rings. The molecule has 0 aromatic carbocycles. The molecule has 0 radical (unpaired) electrons. The van der Waals surface area contributed by atoms with Gasteiger partial charge in [-0.2, -0.15) is 0 Å². The highest BCUT2D eigenvalue weighted by atomic mass is 16.3. The normalized spacial score (nSPS) is 23.5. The Morgan fingerprint density at radius 2 is 2.57 bits per heavy atom. The fourth-order valence-corrected chi connectivity index (χ4v) is 1.85. The van der Waals surface area contributed by atoms with Gasteiger partial charge in [0, 0.05) is 6.42 Å². The molecule has 2 atom stereocenters. The van der Waals surface area contributed by atoms with E-state index in [4.69, 9.17) is 6.42 Å². The highest BCUT2D eigenvalue weighted by molar-refractivity contribution is 5.17. The van der Waals surface area contributed by atoms with Crippen LogP contribution in [0, 0.1) is 18.3 Å². The lowest BCUT2D eigenvalue weighted by Gasteiger charge is -2.24. The molecule has 0 bridgehead atoms. The van der Waals surface area contributed by atoms with E-state index in [0.29, 0.717) is 12.3 Å². The highest BCUT2D eigenvalue weighted by Crippen LogP contribution is 2.30. The number of rotatable bonds is 3. The summed E-state index contributed by atoms with van der Waals surface area (Å²) in [6.07, 6.45) is 10.4. The maximum Gasteiger partial charge on any atom is 0.0859 e. The van der Waals surface area contributed by atoms with Crippen molar-refractivity contribution in [3.05, 3.63) is 23.8 Å². The van der Waals surface area contributed by atoms with Gasteiger partial charge >= 0.3 is 0 Å². The lowest BCUT2D eigenvalue weighted by atomic mass is 9.83. The Hall–Kier alpha value is -1.00. The summed E-state index contributed by atoms with van der Waals surface area (Å²) in [4.78, 5) is 0. The summed E-state index contributed by atoms with van der Waals surface area (Å²) in [5, 5.41) is 9.67. The van der Waals surface area contributed by atoms with Crippen molar-refractivity contribution in [1.82, 2.24) is 0 Å². The lowest BCUT2D eigenvalue weighted by Crippen LogP contribution is -2.15. The van der Waals surface area contributed by atoms with Gasteiger partial charge in [0.25, 0.3) is 0 Å². The van der Waals surface area contributed by atoms with Crippen molar-refractivity contribution < 1.29 is 5.11 Å². The van der Waals surface area contributed by atoms with Crippen molar-refractivity contribution in [2.24, 2.45) is 5.92 Å². The van der Waals surface area contributed by atoms with Crippen LogP contribution in [0.1, 0.15) is 32.6 Å². The molecule has 14 heavy (non-hydrogen) atoms. The number of terminal acetylenes is 1. The third kappa shape index (κ3) is 2.75. The Morgan fingerprint density at radius 3 is 3.00 bits per heavy atom. The van der Waals surface area contributed by atoms with E-state index in [-0.39, 0.29) is 0 Å². The van der Waals surface area contributed by atoms with E-state index in [1.165, 1.54) is 5.57 Å². The van der Waals surface area contributed by atoms with Gasteiger partial charge in [-0.1, -0.05) is 18.2 Å². The molecular formula is C13H18O. The number of allylic oxidation sites excluding steroid dienone is 2. The number of aliphatic hydroxyl groups is 1. The van der Waals surface area contributed by atoms with Crippen LogP contribution in [-0.4, -0.2) is 11.2 Å². The van der Waals surface area contributed by atoms with Crippen LogP contribution < -0.4 is 0 Å². The van der Waals surface area contributed by atoms with Crippen molar-refractivity contribution in [1.29, 1.82) is 0 Å². The SMILES string of the molecule is C#CCC(O)C1=CCC(C(=C)C)CC1. The molecule has 0 aromatic heterocycles. The molecule has 1 heteroatoms. The van der Waals surface area contributed by atoms with Crippen molar-refractivity contribution >= 4 is 0 Å². The minimum Gasteiger partial charge on any atom is -0.388 e. The van der Waals surface area contributed by atoms with Gasteiger partial charge in [0.15, 0.2) is 0 Å². The summed E-state index contributed by atoms with van der Waals surface area (Å²) in [7, 11) is 0. The summed E-state index contributed by atoms with van der Waals surface area (Å²) in [5.41, 5.74) is 2.35. The van der Waals surface area contributed by atoms with Gasteiger partial charge in [0.05, 0.1) is 6.10 Å². The summed E-state index contributed by atoms with van der Waals surface area (Å²) in [6, 6.07) is 0. The molecule has 0 amide bonds. The van der Waals surface area contributed by atoms with Gasteiger partial charge in [-0.3, -0.25) is 0 Å². The van der Waals surface area contributed by atoms with E-state index in [1.54, 1.807) is 0 Å². The molecule has 2 unspecified atom stereocenters. The average molecular weight is 190 g/mol. The zero-order chi connectivity index (χ0) is 10.6. The summed E-state index contributed by atoms with van der Waals surface area (Å²) in [5.74, 6) is 3.08. The molecule has 0 aliphatic heterocycles. The van der Waals surface area contributed by atoms with E-state index in [2.05, 4.69) is 25.5 Å². The zero-order valence-electron chi connectivity index (χ0n) is 8.79. The van der Waals surface area contributed by atoms with Crippen LogP contribution in [0.4, 0.5) is 0 Å². The second-order valence-electron chi connectivity index (χ2n) is 4.02. The lowest BCUT2D eigenvalue weighted by molar-refractivity contribution is 0.208. The maximum atomic E-state index is 9.67. The van der Waals surface area contributed by atoms with Crippen molar-refractivity contribution in [2.45, 2.75) is 38.7 Å². The second kappa shape index (κ2) is 5.02. The first kappa shape index (κ1) is 11.1. The van der Waals surface area contributed by atoms with Crippen molar-refractivity contribution in [3.63, 3.8) is 0 Å². The van der Waals surface area contributed by atoms with E-state index in [0.717, 1.165) is 24.8 Å². The Labute approximate surface area is 86.5 Å². The summed E-state index contributed by atoms with van der Waals surface area (Å²) >= 11 is 0. The minimum atomic E-state index is -0.425. The molecule has 1 nitrogen and oxygen atoms in total. The molecule has 0 saturated carbocycles. The van der Waals surface area contributed by atoms with Crippen LogP contribution in [0.5, 0.6) is 0 Å². The molecule has 0 spiro atoms. The molecule has 0 fully saturated rings. The molecule has 0 aromatic rings. The smallest absolute Gasteiger partial charge is 0.0859 e. The van der Waals surface area contributed by atoms with Gasteiger partial charge in [-0.05, 0) is 37.7 Å². The van der Waals surface area contributed by atoms with Crippen molar-refractivity contribution in [2.75, 3.05) is 0 Å². The third-order valence-electron chi connectivity index (χ3n) is 2.88. The monoisotopic (exact) mass is 190 g/mol. The number of hydrogen-bond acceptors (Lipinski definition) is 1. The Balaban J connectivity index is 2.53. The van der Waals surface area contributed by atoms with Crippen LogP contribution in [-0.2, 0) is 0 Å². The van der Waals surface area contributed by atoms with E-state index in [9.17, 15) is 5.11 Å². The first-order valence-corrected chi connectivity index (χ1v) is 5.11. The molecule has 0 saturated heterocycles. The van der Waals surface area contributed by atoms with E-state index in [1.807, 2.05) is 0 Å². The van der Waals surface area contributed by atoms with Crippen LogP contribution in [0.15, 0.2) is 23.8 Å². The van der Waals surface area contributed by atoms with Gasteiger partial charge in [-0.15, -0.1) is 12.3 Å². The fourth-order valence-electron chi connectivity index (χ4n) is 1.85. The fraction of sp³-hybridized carbons (Fsp3) is 0.538. The largest absolute Gasteiger partial charge is 0.388 e. The molecule has 1 rings (SSSR count). The zero-order valence-corrected chi connectivity index (χ0v) is 8.79. The van der Waals surface area contributed by atoms with Gasteiger partial charge in [0.2, 0.25) is 0 Å². The highest BCUT2D eigenvalue weighted by Gasteiger charge is 2.18.